The van der Waals surface area contributed by atoms with Crippen molar-refractivity contribution in [1.82, 2.24) is 24.3 Å². The standard InChI is InChI=1S/C14H17F3N6O/c1-21-6-5-18-12(13(21)24)22(2)8-11-20-19-10-4-3-9(7-23(10)11)14(15,16)17/h5-6,9H,3-4,7-8H2,1-2H3. The molecule has 0 radical (unpaired) electrons. The summed E-state index contributed by atoms with van der Waals surface area (Å²) in [7, 11) is 3.25. The molecule has 0 spiro atoms. The summed E-state index contributed by atoms with van der Waals surface area (Å²) in [6, 6.07) is 0. The zero-order chi connectivity index (χ0) is 17.5. The minimum atomic E-state index is -4.23. The Kier molecular flexibility index (Phi) is 4.06. The minimum Gasteiger partial charge on any atom is -0.348 e. The molecule has 1 aliphatic heterocycles. The Labute approximate surface area is 135 Å². The van der Waals surface area contributed by atoms with Gasteiger partial charge in [-0.05, 0) is 6.42 Å². The number of aryl methyl sites for hydroxylation is 2. The third kappa shape index (κ3) is 3.00. The quantitative estimate of drug-likeness (QED) is 0.836. The fourth-order valence-electron chi connectivity index (χ4n) is 2.80. The van der Waals surface area contributed by atoms with E-state index in [2.05, 4.69) is 15.2 Å². The summed E-state index contributed by atoms with van der Waals surface area (Å²) in [6.45, 7) is -0.0287. The number of anilines is 1. The zero-order valence-corrected chi connectivity index (χ0v) is 13.3. The molecule has 3 rings (SSSR count). The van der Waals surface area contributed by atoms with Crippen LogP contribution in [-0.4, -0.2) is 37.5 Å². The number of hydrogen-bond donors (Lipinski definition) is 0. The Hall–Kier alpha value is -2.39. The topological polar surface area (TPSA) is 68.8 Å². The molecule has 1 unspecified atom stereocenters. The third-order valence-electron chi connectivity index (χ3n) is 4.23. The lowest BCUT2D eigenvalue weighted by molar-refractivity contribution is -0.182. The fraction of sp³-hybridized carbons (Fsp3) is 0.571. The lowest BCUT2D eigenvalue weighted by atomic mass is 9.99. The van der Waals surface area contributed by atoms with Gasteiger partial charge >= 0.3 is 6.18 Å². The van der Waals surface area contributed by atoms with Gasteiger partial charge in [-0.2, -0.15) is 13.2 Å². The average Bonchev–Trinajstić information content (AvgIpc) is 2.91. The van der Waals surface area contributed by atoms with Crippen LogP contribution >= 0.6 is 0 Å². The van der Waals surface area contributed by atoms with Crippen LogP contribution in [0, 0.1) is 5.92 Å². The van der Waals surface area contributed by atoms with E-state index in [0.717, 1.165) is 0 Å². The van der Waals surface area contributed by atoms with Crippen LogP contribution < -0.4 is 10.5 Å². The first kappa shape index (κ1) is 16.5. The van der Waals surface area contributed by atoms with Gasteiger partial charge < -0.3 is 14.0 Å². The lowest BCUT2D eigenvalue weighted by Crippen LogP contribution is -2.34. The maximum absolute atomic E-state index is 13.0. The summed E-state index contributed by atoms with van der Waals surface area (Å²) in [4.78, 5) is 17.7. The van der Waals surface area contributed by atoms with Crippen molar-refractivity contribution in [2.45, 2.75) is 32.1 Å². The van der Waals surface area contributed by atoms with Crippen LogP contribution in [0.3, 0.4) is 0 Å². The predicted molar refractivity (Wildman–Crippen MR) is 79.5 cm³/mol. The molecule has 0 aliphatic carbocycles. The molecule has 2 aromatic heterocycles. The molecule has 0 bridgehead atoms. The van der Waals surface area contributed by atoms with Gasteiger partial charge in [-0.25, -0.2) is 4.98 Å². The van der Waals surface area contributed by atoms with Gasteiger partial charge in [-0.1, -0.05) is 0 Å². The van der Waals surface area contributed by atoms with E-state index in [1.165, 1.54) is 21.5 Å². The van der Waals surface area contributed by atoms with E-state index in [4.69, 9.17) is 0 Å². The Morgan fingerprint density at radius 1 is 1.38 bits per heavy atom. The van der Waals surface area contributed by atoms with Gasteiger partial charge in [0.1, 0.15) is 5.82 Å². The van der Waals surface area contributed by atoms with Crippen molar-refractivity contribution in [3.63, 3.8) is 0 Å². The van der Waals surface area contributed by atoms with Crippen LogP contribution in [0.25, 0.3) is 0 Å². The van der Waals surface area contributed by atoms with Crippen molar-refractivity contribution >= 4 is 5.82 Å². The smallest absolute Gasteiger partial charge is 0.348 e. The van der Waals surface area contributed by atoms with E-state index < -0.39 is 12.1 Å². The van der Waals surface area contributed by atoms with Crippen LogP contribution in [0.2, 0.25) is 0 Å². The molecule has 0 saturated heterocycles. The van der Waals surface area contributed by atoms with Crippen molar-refractivity contribution in [3.05, 3.63) is 34.4 Å². The van der Waals surface area contributed by atoms with Gasteiger partial charge in [0, 0.05) is 39.5 Å². The van der Waals surface area contributed by atoms with Crippen molar-refractivity contribution in [2.24, 2.45) is 13.0 Å². The molecule has 1 atom stereocenters. The maximum atomic E-state index is 13.0. The summed E-state index contributed by atoms with van der Waals surface area (Å²) in [5.41, 5.74) is -0.286. The predicted octanol–water partition coefficient (Wildman–Crippen LogP) is 1.13. The average molecular weight is 342 g/mol. The number of fused-ring (bicyclic) bond motifs is 1. The Morgan fingerprint density at radius 3 is 2.83 bits per heavy atom. The Morgan fingerprint density at radius 2 is 2.12 bits per heavy atom. The number of halogens is 3. The van der Waals surface area contributed by atoms with E-state index in [9.17, 15) is 18.0 Å². The molecule has 0 aromatic carbocycles. The highest BCUT2D eigenvalue weighted by Gasteiger charge is 2.42. The zero-order valence-electron chi connectivity index (χ0n) is 13.3. The van der Waals surface area contributed by atoms with Crippen LogP contribution in [0.4, 0.5) is 19.0 Å². The highest BCUT2D eigenvalue weighted by molar-refractivity contribution is 5.34. The highest BCUT2D eigenvalue weighted by Crippen LogP contribution is 2.34. The van der Waals surface area contributed by atoms with Gasteiger partial charge in [-0.15, -0.1) is 10.2 Å². The second-order valence-electron chi connectivity index (χ2n) is 5.94. The molecular formula is C14H17F3N6O. The molecule has 0 N–H and O–H groups in total. The summed E-state index contributed by atoms with van der Waals surface area (Å²) < 4.78 is 41.8. The molecule has 2 aromatic rings. The van der Waals surface area contributed by atoms with E-state index in [0.29, 0.717) is 11.6 Å². The number of alkyl halides is 3. The third-order valence-corrected chi connectivity index (χ3v) is 4.23. The maximum Gasteiger partial charge on any atom is 0.393 e. The van der Waals surface area contributed by atoms with Crippen LogP contribution in [0.5, 0.6) is 0 Å². The summed E-state index contributed by atoms with van der Waals surface area (Å²) in [5.74, 6) is -0.240. The molecule has 1 aliphatic rings. The number of nitrogens with zero attached hydrogens (tertiary/aromatic N) is 6. The monoisotopic (exact) mass is 342 g/mol. The number of hydrogen-bond acceptors (Lipinski definition) is 5. The summed E-state index contributed by atoms with van der Waals surface area (Å²) >= 11 is 0. The Bertz CT molecular complexity index is 797. The molecule has 0 amide bonds. The summed E-state index contributed by atoms with van der Waals surface area (Å²) in [5, 5.41) is 7.97. The number of aromatic nitrogens is 5. The summed E-state index contributed by atoms with van der Waals surface area (Å²) in [6.07, 6.45) is -0.939. The first-order chi connectivity index (χ1) is 11.3. The second kappa shape index (κ2) is 5.91. The molecule has 7 nitrogen and oxygen atoms in total. The largest absolute Gasteiger partial charge is 0.393 e. The fourth-order valence-corrected chi connectivity index (χ4v) is 2.80. The van der Waals surface area contributed by atoms with E-state index >= 15 is 0 Å². The van der Waals surface area contributed by atoms with Gasteiger partial charge in [-0.3, -0.25) is 4.79 Å². The van der Waals surface area contributed by atoms with E-state index in [1.54, 1.807) is 19.0 Å². The van der Waals surface area contributed by atoms with Gasteiger partial charge in [0.05, 0.1) is 12.5 Å². The molecule has 0 saturated carbocycles. The molecule has 24 heavy (non-hydrogen) atoms. The SMILES string of the molecule is CN(Cc1nnc2n1CC(C(F)(F)F)CC2)c1nccn(C)c1=O. The van der Waals surface area contributed by atoms with Crippen molar-refractivity contribution < 1.29 is 13.2 Å². The van der Waals surface area contributed by atoms with Crippen molar-refractivity contribution in [1.29, 1.82) is 0 Å². The van der Waals surface area contributed by atoms with Gasteiger partial charge in [0.25, 0.3) is 5.56 Å². The first-order valence-corrected chi connectivity index (χ1v) is 7.48. The van der Waals surface area contributed by atoms with Crippen LogP contribution in [0.1, 0.15) is 18.1 Å². The highest BCUT2D eigenvalue weighted by atomic mass is 19.4. The van der Waals surface area contributed by atoms with Gasteiger partial charge in [0.15, 0.2) is 11.6 Å². The van der Waals surface area contributed by atoms with Crippen molar-refractivity contribution in [2.75, 3.05) is 11.9 Å². The lowest BCUT2D eigenvalue weighted by Gasteiger charge is -2.27. The van der Waals surface area contributed by atoms with E-state index in [1.807, 2.05) is 0 Å². The molecular weight excluding hydrogens is 325 g/mol. The molecule has 0 fully saturated rings. The molecule has 3 heterocycles. The van der Waals surface area contributed by atoms with Crippen LogP contribution in [-0.2, 0) is 26.6 Å². The van der Waals surface area contributed by atoms with E-state index in [-0.39, 0.29) is 37.3 Å². The second-order valence-corrected chi connectivity index (χ2v) is 5.94. The first-order valence-electron chi connectivity index (χ1n) is 7.48. The normalized spacial score (nSPS) is 17.6. The van der Waals surface area contributed by atoms with Crippen molar-refractivity contribution in [3.8, 4) is 0 Å². The molecule has 10 heteroatoms. The van der Waals surface area contributed by atoms with Gasteiger partial charge in [0.2, 0.25) is 0 Å². The molecule has 130 valence electrons. The minimum absolute atomic E-state index is 0.0260. The van der Waals surface area contributed by atoms with Crippen LogP contribution in [0.15, 0.2) is 17.2 Å². The Balaban J connectivity index is 1.84. The number of rotatable bonds is 3.